The number of fused-ring (bicyclic) bond motifs is 4. The molecule has 30 heavy (non-hydrogen) atoms. The van der Waals surface area contributed by atoms with Crippen LogP contribution in [-0.2, 0) is 10.3 Å². The molecule has 8 heteroatoms. The Morgan fingerprint density at radius 1 is 1.23 bits per heavy atom. The molecule has 1 aliphatic heterocycles. The predicted molar refractivity (Wildman–Crippen MR) is 128 cm³/mol. The van der Waals surface area contributed by atoms with E-state index in [9.17, 15) is 4.79 Å². The van der Waals surface area contributed by atoms with E-state index in [-0.39, 0.29) is 11.7 Å². The summed E-state index contributed by atoms with van der Waals surface area (Å²) in [5.74, 6) is 0.265. The fraction of sp³-hybridized carbons (Fsp3) is 0.227. The van der Waals surface area contributed by atoms with Gasteiger partial charge in [0.25, 0.3) is 5.22 Å². The number of hydrogen-bond acceptors (Lipinski definition) is 7. The zero-order chi connectivity index (χ0) is 21.0. The minimum Gasteiger partial charge on any atom is -0.431 e. The second kappa shape index (κ2) is 7.30. The Morgan fingerprint density at radius 3 is 2.83 bits per heavy atom. The Hall–Kier alpha value is -2.00. The van der Waals surface area contributed by atoms with Crippen molar-refractivity contribution in [1.82, 2.24) is 4.98 Å². The highest BCUT2D eigenvalue weighted by Gasteiger charge is 2.42. The van der Waals surface area contributed by atoms with Crippen LogP contribution < -0.4 is 4.90 Å². The summed E-state index contributed by atoms with van der Waals surface area (Å²) in [6, 6.07) is 13.8. The minimum absolute atomic E-state index is 0.0207. The molecule has 152 valence electrons. The van der Waals surface area contributed by atoms with Crippen molar-refractivity contribution in [3.63, 3.8) is 0 Å². The molecule has 0 saturated heterocycles. The van der Waals surface area contributed by atoms with E-state index in [1.165, 1.54) is 11.8 Å². The van der Waals surface area contributed by atoms with Crippen LogP contribution in [0.2, 0.25) is 0 Å². The number of hydrogen-bond donors (Lipinski definition) is 0. The number of nitrogens with zero attached hydrogens (tertiary/aromatic N) is 2. The Bertz CT molecular complexity index is 1320. The summed E-state index contributed by atoms with van der Waals surface area (Å²) in [6.07, 6.45) is 0. The number of oxazole rings is 1. The van der Waals surface area contributed by atoms with E-state index in [1.807, 2.05) is 41.3 Å². The normalized spacial score (nSPS) is 14.6. The fourth-order valence-electron chi connectivity index (χ4n) is 3.89. The Balaban J connectivity index is 1.51. The molecule has 1 amide bonds. The number of amides is 1. The van der Waals surface area contributed by atoms with Gasteiger partial charge in [0.15, 0.2) is 5.58 Å². The van der Waals surface area contributed by atoms with Crippen molar-refractivity contribution in [2.75, 3.05) is 10.7 Å². The smallest absolute Gasteiger partial charge is 0.257 e. The third kappa shape index (κ3) is 3.13. The molecule has 0 bridgehead atoms. The number of carbonyl (C=O) groups excluding carboxylic acids is 1. The third-order valence-electron chi connectivity index (χ3n) is 5.25. The highest BCUT2D eigenvalue weighted by molar-refractivity contribution is 7.99. The fourth-order valence-corrected chi connectivity index (χ4v) is 7.86. The Morgan fingerprint density at radius 2 is 2.03 bits per heavy atom. The van der Waals surface area contributed by atoms with Gasteiger partial charge < -0.3 is 9.32 Å². The van der Waals surface area contributed by atoms with E-state index in [1.54, 1.807) is 20.7 Å². The van der Waals surface area contributed by atoms with E-state index < -0.39 is 5.54 Å². The zero-order valence-corrected chi connectivity index (χ0v) is 19.9. The molecule has 4 nitrogen and oxygen atoms in total. The molecular formula is C22H18N2O2S4. The molecule has 0 atom stereocenters. The van der Waals surface area contributed by atoms with E-state index in [4.69, 9.17) is 16.6 Å². The lowest BCUT2D eigenvalue weighted by Gasteiger charge is -2.43. The molecule has 3 heterocycles. The van der Waals surface area contributed by atoms with E-state index in [0.29, 0.717) is 5.22 Å². The van der Waals surface area contributed by atoms with Crippen LogP contribution in [0.5, 0.6) is 0 Å². The third-order valence-corrected chi connectivity index (χ3v) is 9.39. The maximum atomic E-state index is 13.5. The Kier molecular flexibility index (Phi) is 4.85. The summed E-state index contributed by atoms with van der Waals surface area (Å²) in [5.41, 5.74) is 5.28. The molecule has 0 unspecified atom stereocenters. The van der Waals surface area contributed by atoms with Crippen LogP contribution in [0.25, 0.3) is 22.2 Å². The highest BCUT2D eigenvalue weighted by Crippen LogP contribution is 2.52. The average molecular weight is 471 g/mol. The van der Waals surface area contributed by atoms with Gasteiger partial charge in [-0.1, -0.05) is 68.4 Å². The largest absolute Gasteiger partial charge is 0.431 e. The lowest BCUT2D eigenvalue weighted by molar-refractivity contribution is -0.117. The number of anilines is 1. The van der Waals surface area contributed by atoms with Crippen LogP contribution in [0.1, 0.15) is 24.3 Å². The summed E-state index contributed by atoms with van der Waals surface area (Å²) in [4.78, 5) is 21.0. The van der Waals surface area contributed by atoms with Gasteiger partial charge in [-0.15, -0.1) is 0 Å². The van der Waals surface area contributed by atoms with Gasteiger partial charge in [0, 0.05) is 11.1 Å². The summed E-state index contributed by atoms with van der Waals surface area (Å²) in [6.45, 7) is 6.25. The number of para-hydroxylation sites is 2. The number of aromatic nitrogens is 1. The molecule has 0 saturated carbocycles. The zero-order valence-electron chi connectivity index (χ0n) is 16.6. The highest BCUT2D eigenvalue weighted by atomic mass is 32.9. The van der Waals surface area contributed by atoms with E-state index >= 15 is 0 Å². The number of thioether (sulfide) groups is 1. The molecule has 0 radical (unpaired) electrons. The van der Waals surface area contributed by atoms with Gasteiger partial charge in [0.1, 0.15) is 9.34 Å². The van der Waals surface area contributed by atoms with Crippen molar-refractivity contribution in [2.24, 2.45) is 0 Å². The number of carbonyl (C=O) groups is 1. The standard InChI is InChI=1S/C22H18N2O2S4/c1-12-8-9-15-13(10-12)18-19(29-30-20(18)27)22(2,3)24(15)17(25)11-28-21-23-14-6-4-5-7-16(14)26-21/h4-10H,11H2,1-3H3. The summed E-state index contributed by atoms with van der Waals surface area (Å²) in [5, 5.41) is 0.510. The van der Waals surface area contributed by atoms with Crippen LogP contribution in [0.3, 0.4) is 0 Å². The van der Waals surface area contributed by atoms with Crippen LogP contribution in [0.4, 0.5) is 5.69 Å². The van der Waals surface area contributed by atoms with Crippen molar-refractivity contribution in [3.05, 3.63) is 56.7 Å². The molecule has 0 fully saturated rings. The van der Waals surface area contributed by atoms with Gasteiger partial charge in [0.2, 0.25) is 5.91 Å². The number of benzene rings is 2. The predicted octanol–water partition coefficient (Wildman–Crippen LogP) is 7.03. The SMILES string of the molecule is Cc1ccc2c(c1)-c1c(ssc1=S)C(C)(C)N2C(=O)CSc1nc2ccccc2o1. The number of rotatable bonds is 3. The van der Waals surface area contributed by atoms with Crippen molar-refractivity contribution in [3.8, 4) is 11.1 Å². The van der Waals surface area contributed by atoms with Crippen molar-refractivity contribution in [1.29, 1.82) is 0 Å². The first-order chi connectivity index (χ1) is 14.4. The first-order valence-electron chi connectivity index (χ1n) is 9.42. The van der Waals surface area contributed by atoms with E-state index in [0.717, 1.165) is 42.2 Å². The molecule has 2 aromatic heterocycles. The van der Waals surface area contributed by atoms with Crippen molar-refractivity contribution in [2.45, 2.75) is 31.5 Å². The van der Waals surface area contributed by atoms with Gasteiger partial charge in [-0.2, -0.15) is 0 Å². The first kappa shape index (κ1) is 19.9. The quantitative estimate of drug-likeness (QED) is 0.183. The van der Waals surface area contributed by atoms with Gasteiger partial charge in [-0.05, 0) is 45.0 Å². The summed E-state index contributed by atoms with van der Waals surface area (Å²) >= 11 is 6.98. The van der Waals surface area contributed by atoms with E-state index in [2.05, 4.69) is 31.8 Å². The van der Waals surface area contributed by atoms with Gasteiger partial charge in [-0.25, -0.2) is 4.98 Å². The molecule has 1 aliphatic rings. The molecule has 5 rings (SSSR count). The Labute approximate surface area is 190 Å². The molecular weight excluding hydrogens is 453 g/mol. The monoisotopic (exact) mass is 470 g/mol. The van der Waals surface area contributed by atoms with Crippen molar-refractivity contribution >= 4 is 67.4 Å². The van der Waals surface area contributed by atoms with Gasteiger partial charge in [0.05, 0.1) is 21.9 Å². The summed E-state index contributed by atoms with van der Waals surface area (Å²) in [7, 11) is 3.28. The molecule has 4 aromatic rings. The lowest BCUT2D eigenvalue weighted by Crippen LogP contribution is -2.48. The first-order valence-corrected chi connectivity index (χ1v) is 13.0. The average Bonchev–Trinajstić information content (AvgIpc) is 3.30. The van der Waals surface area contributed by atoms with Crippen LogP contribution >= 0.6 is 44.7 Å². The van der Waals surface area contributed by atoms with Crippen LogP contribution in [0.15, 0.2) is 52.1 Å². The molecule has 0 N–H and O–H groups in total. The second-order valence-corrected chi connectivity index (χ2v) is 11.4. The maximum absolute atomic E-state index is 13.5. The number of aryl methyl sites for hydroxylation is 1. The molecule has 0 spiro atoms. The second-order valence-electron chi connectivity index (χ2n) is 7.70. The molecule has 2 aromatic carbocycles. The maximum Gasteiger partial charge on any atom is 0.257 e. The van der Waals surface area contributed by atoms with Gasteiger partial charge >= 0.3 is 0 Å². The van der Waals surface area contributed by atoms with Crippen LogP contribution in [-0.4, -0.2) is 16.6 Å². The summed E-state index contributed by atoms with van der Waals surface area (Å²) < 4.78 is 6.67. The minimum atomic E-state index is -0.477. The van der Waals surface area contributed by atoms with Crippen LogP contribution in [0, 0.1) is 10.7 Å². The lowest BCUT2D eigenvalue weighted by atomic mass is 9.87. The van der Waals surface area contributed by atoms with Gasteiger partial charge in [-0.3, -0.25) is 4.79 Å². The van der Waals surface area contributed by atoms with Crippen molar-refractivity contribution < 1.29 is 9.21 Å². The molecule has 0 aliphatic carbocycles. The topological polar surface area (TPSA) is 46.3 Å².